The van der Waals surface area contributed by atoms with Gasteiger partial charge in [-0.05, 0) is 52.4 Å². The van der Waals surface area contributed by atoms with Crippen LogP contribution in [0.4, 0.5) is 0 Å². The first-order valence-corrected chi connectivity index (χ1v) is 8.61. The molecule has 0 fully saturated rings. The number of hydrogen-bond acceptors (Lipinski definition) is 4. The summed E-state index contributed by atoms with van der Waals surface area (Å²) >= 11 is 0. The van der Waals surface area contributed by atoms with Crippen LogP contribution in [0.15, 0.2) is 0 Å². The molecule has 0 heterocycles. The largest absolute Gasteiger partial charge is 0.461 e. The van der Waals surface area contributed by atoms with E-state index in [-0.39, 0.29) is 42.2 Å². The molecule has 0 aliphatic heterocycles. The molecule has 4 nitrogen and oxygen atoms in total. The van der Waals surface area contributed by atoms with Crippen molar-refractivity contribution >= 4 is 11.9 Å². The van der Waals surface area contributed by atoms with Crippen molar-refractivity contribution in [3.63, 3.8) is 0 Å². The zero-order chi connectivity index (χ0) is 18.6. The number of carbonyl (C=O) groups is 2. The first-order valence-electron chi connectivity index (χ1n) is 8.61. The summed E-state index contributed by atoms with van der Waals surface area (Å²) in [6.07, 6.45) is 0.0865. The van der Waals surface area contributed by atoms with Gasteiger partial charge in [0.15, 0.2) is 0 Å². The lowest BCUT2D eigenvalue weighted by Gasteiger charge is -2.34. The van der Waals surface area contributed by atoms with Crippen LogP contribution in [0.1, 0.15) is 75.7 Å². The predicted octanol–water partition coefficient (Wildman–Crippen LogP) is 4.60. The number of ether oxygens (including phenoxy) is 2. The molecule has 0 saturated carbocycles. The van der Waals surface area contributed by atoms with E-state index >= 15 is 0 Å². The van der Waals surface area contributed by atoms with Gasteiger partial charge in [0.05, 0.1) is 5.41 Å². The highest BCUT2D eigenvalue weighted by molar-refractivity contribution is 5.78. The standard InChI is InChI=1S/C19H36O4/c1-12(2)16(13(3)4)22-17(21)19(9,10)14(5)11-15(20)23-18(6,7)8/h12-14,16H,11H2,1-10H3/t14-/m0/s1. The predicted molar refractivity (Wildman–Crippen MR) is 93.0 cm³/mol. The van der Waals surface area contributed by atoms with Crippen LogP contribution in [0.25, 0.3) is 0 Å². The van der Waals surface area contributed by atoms with E-state index in [4.69, 9.17) is 9.47 Å². The molecule has 0 N–H and O–H groups in total. The summed E-state index contributed by atoms with van der Waals surface area (Å²) in [7, 11) is 0. The van der Waals surface area contributed by atoms with Gasteiger partial charge in [-0.2, -0.15) is 0 Å². The van der Waals surface area contributed by atoms with Crippen molar-refractivity contribution in [2.45, 2.75) is 87.4 Å². The van der Waals surface area contributed by atoms with Gasteiger partial charge >= 0.3 is 11.9 Å². The van der Waals surface area contributed by atoms with Crippen molar-refractivity contribution in [3.05, 3.63) is 0 Å². The number of carbonyl (C=O) groups excluding carboxylic acids is 2. The zero-order valence-electron chi connectivity index (χ0n) is 16.6. The lowest BCUT2D eigenvalue weighted by atomic mass is 9.78. The van der Waals surface area contributed by atoms with Crippen LogP contribution in [0, 0.1) is 23.2 Å². The van der Waals surface area contributed by atoms with E-state index in [1.165, 1.54) is 0 Å². The summed E-state index contributed by atoms with van der Waals surface area (Å²) in [5.74, 6) is -0.173. The highest BCUT2D eigenvalue weighted by Crippen LogP contribution is 2.33. The Labute approximate surface area is 142 Å². The number of esters is 2. The Hall–Kier alpha value is -1.06. The van der Waals surface area contributed by atoms with Gasteiger partial charge in [-0.1, -0.05) is 34.6 Å². The normalized spacial score (nSPS) is 14.3. The molecule has 0 amide bonds. The lowest BCUT2D eigenvalue weighted by Crippen LogP contribution is -2.40. The van der Waals surface area contributed by atoms with Crippen molar-refractivity contribution in [2.75, 3.05) is 0 Å². The fourth-order valence-corrected chi connectivity index (χ4v) is 2.41. The molecule has 23 heavy (non-hydrogen) atoms. The summed E-state index contributed by atoms with van der Waals surface area (Å²) < 4.78 is 11.1. The summed E-state index contributed by atoms with van der Waals surface area (Å²) in [6, 6.07) is 0. The van der Waals surface area contributed by atoms with Gasteiger partial charge in [-0.3, -0.25) is 9.59 Å². The van der Waals surface area contributed by atoms with Crippen molar-refractivity contribution in [1.82, 2.24) is 0 Å². The molecule has 0 unspecified atom stereocenters. The zero-order valence-corrected chi connectivity index (χ0v) is 16.6. The topological polar surface area (TPSA) is 52.6 Å². The lowest BCUT2D eigenvalue weighted by molar-refractivity contribution is -0.169. The second-order valence-electron chi connectivity index (χ2n) is 8.77. The van der Waals surface area contributed by atoms with Crippen LogP contribution < -0.4 is 0 Å². The van der Waals surface area contributed by atoms with E-state index in [1.54, 1.807) is 0 Å². The minimum Gasteiger partial charge on any atom is -0.461 e. The third-order valence-electron chi connectivity index (χ3n) is 4.21. The number of rotatable bonds is 7. The van der Waals surface area contributed by atoms with Crippen LogP contribution in [0.3, 0.4) is 0 Å². The Morgan fingerprint density at radius 2 is 1.30 bits per heavy atom. The molecule has 0 rings (SSSR count). The van der Waals surface area contributed by atoms with Gasteiger partial charge in [0, 0.05) is 6.42 Å². The molecular weight excluding hydrogens is 292 g/mol. The quantitative estimate of drug-likeness (QED) is 0.641. The van der Waals surface area contributed by atoms with Crippen molar-refractivity contribution in [3.8, 4) is 0 Å². The monoisotopic (exact) mass is 328 g/mol. The minimum atomic E-state index is -0.737. The summed E-state index contributed by atoms with van der Waals surface area (Å²) in [5, 5.41) is 0. The van der Waals surface area contributed by atoms with E-state index < -0.39 is 11.0 Å². The average molecular weight is 328 g/mol. The van der Waals surface area contributed by atoms with Crippen LogP contribution in [-0.2, 0) is 19.1 Å². The molecule has 0 bridgehead atoms. The smallest absolute Gasteiger partial charge is 0.312 e. The first-order chi connectivity index (χ1) is 10.2. The molecule has 0 radical (unpaired) electrons. The third kappa shape index (κ3) is 7.36. The molecule has 0 aromatic heterocycles. The molecular formula is C19H36O4. The van der Waals surface area contributed by atoms with Crippen molar-refractivity contribution in [2.24, 2.45) is 23.2 Å². The van der Waals surface area contributed by atoms with E-state index in [0.29, 0.717) is 0 Å². The van der Waals surface area contributed by atoms with Gasteiger partial charge in [0.2, 0.25) is 0 Å². The van der Waals surface area contributed by atoms with E-state index in [0.717, 1.165) is 0 Å². The van der Waals surface area contributed by atoms with Crippen molar-refractivity contribution < 1.29 is 19.1 Å². The molecule has 0 spiro atoms. The molecule has 0 aliphatic rings. The highest BCUT2D eigenvalue weighted by atomic mass is 16.6. The van der Waals surface area contributed by atoms with Crippen LogP contribution in [0.2, 0.25) is 0 Å². The maximum Gasteiger partial charge on any atom is 0.312 e. The Bertz CT molecular complexity index is 394. The van der Waals surface area contributed by atoms with Crippen molar-refractivity contribution in [1.29, 1.82) is 0 Å². The third-order valence-corrected chi connectivity index (χ3v) is 4.21. The molecule has 1 atom stereocenters. The molecule has 0 aromatic rings. The summed E-state index contributed by atoms with van der Waals surface area (Å²) in [4.78, 5) is 24.6. The molecule has 0 aromatic carbocycles. The summed E-state index contributed by atoms with van der Waals surface area (Å²) in [5.41, 5.74) is -1.25. The maximum absolute atomic E-state index is 12.6. The Balaban J connectivity index is 4.88. The van der Waals surface area contributed by atoms with Crippen LogP contribution >= 0.6 is 0 Å². The second-order valence-corrected chi connectivity index (χ2v) is 8.77. The molecule has 0 aliphatic carbocycles. The molecule has 0 saturated heterocycles. The molecule has 136 valence electrons. The average Bonchev–Trinajstić information content (AvgIpc) is 2.31. The van der Waals surface area contributed by atoms with Gasteiger partial charge in [-0.15, -0.1) is 0 Å². The van der Waals surface area contributed by atoms with E-state index in [2.05, 4.69) is 27.7 Å². The van der Waals surface area contributed by atoms with Gasteiger partial charge in [0.25, 0.3) is 0 Å². The van der Waals surface area contributed by atoms with Gasteiger partial charge < -0.3 is 9.47 Å². The number of hydrogen-bond donors (Lipinski definition) is 0. The Morgan fingerprint density at radius 1 is 0.870 bits per heavy atom. The van der Waals surface area contributed by atoms with E-state index in [1.807, 2.05) is 41.5 Å². The Morgan fingerprint density at radius 3 is 1.65 bits per heavy atom. The second kappa shape index (κ2) is 8.16. The van der Waals surface area contributed by atoms with Gasteiger partial charge in [-0.25, -0.2) is 0 Å². The van der Waals surface area contributed by atoms with Crippen LogP contribution in [0.5, 0.6) is 0 Å². The molecule has 4 heteroatoms. The summed E-state index contributed by atoms with van der Waals surface area (Å²) in [6.45, 7) is 19.3. The van der Waals surface area contributed by atoms with E-state index in [9.17, 15) is 9.59 Å². The Kier molecular flexibility index (Phi) is 7.79. The fourth-order valence-electron chi connectivity index (χ4n) is 2.41. The minimum absolute atomic E-state index is 0.115. The highest BCUT2D eigenvalue weighted by Gasteiger charge is 2.39. The van der Waals surface area contributed by atoms with Crippen LogP contribution in [-0.4, -0.2) is 23.6 Å². The van der Waals surface area contributed by atoms with Gasteiger partial charge in [0.1, 0.15) is 11.7 Å². The fraction of sp³-hybridized carbons (Fsp3) is 0.895. The maximum atomic E-state index is 12.6. The SMILES string of the molecule is CC(C)C(OC(=O)C(C)(C)[C@@H](C)CC(=O)OC(C)(C)C)C(C)C. The first kappa shape index (κ1) is 21.9.